The molecule has 1 atom stereocenters. The summed E-state index contributed by atoms with van der Waals surface area (Å²) in [5.74, 6) is 1.74. The van der Waals surface area contributed by atoms with E-state index in [1.54, 1.807) is 25.6 Å². The van der Waals surface area contributed by atoms with Gasteiger partial charge in [0.05, 0.1) is 23.9 Å². The smallest absolute Gasteiger partial charge is 0.134 e. The van der Waals surface area contributed by atoms with Crippen molar-refractivity contribution >= 4 is 43.2 Å². The standard InChI is InChI=1S/C13H12Br2O2S/c1-16-8-3-4-9(10(14)7-8)12(15)13-11(17-2)5-6-18-13/h3-7,12H,1-2H3. The molecule has 2 aromatic rings. The minimum Gasteiger partial charge on any atom is -0.497 e. The van der Waals surface area contributed by atoms with Gasteiger partial charge in [0.15, 0.2) is 0 Å². The molecule has 0 bridgehead atoms. The molecular weight excluding hydrogens is 380 g/mol. The van der Waals surface area contributed by atoms with Crippen LogP contribution in [-0.4, -0.2) is 14.2 Å². The minimum absolute atomic E-state index is 0.104. The summed E-state index contributed by atoms with van der Waals surface area (Å²) < 4.78 is 11.6. The Morgan fingerprint density at radius 3 is 2.56 bits per heavy atom. The first-order valence-corrected chi connectivity index (χ1v) is 7.85. The lowest BCUT2D eigenvalue weighted by molar-refractivity contribution is 0.412. The van der Waals surface area contributed by atoms with Gasteiger partial charge in [-0.2, -0.15) is 0 Å². The highest BCUT2D eigenvalue weighted by atomic mass is 79.9. The molecule has 0 N–H and O–H groups in total. The van der Waals surface area contributed by atoms with E-state index in [2.05, 4.69) is 31.9 Å². The van der Waals surface area contributed by atoms with Crippen molar-refractivity contribution in [1.29, 1.82) is 0 Å². The Kier molecular flexibility index (Phi) is 4.70. The van der Waals surface area contributed by atoms with Crippen molar-refractivity contribution in [3.63, 3.8) is 0 Å². The number of alkyl halides is 1. The second kappa shape index (κ2) is 6.08. The van der Waals surface area contributed by atoms with Crippen molar-refractivity contribution in [1.82, 2.24) is 0 Å². The van der Waals surface area contributed by atoms with E-state index in [4.69, 9.17) is 9.47 Å². The van der Waals surface area contributed by atoms with Crippen LogP contribution in [0, 0.1) is 0 Å². The normalized spacial score (nSPS) is 12.2. The van der Waals surface area contributed by atoms with Gasteiger partial charge >= 0.3 is 0 Å². The van der Waals surface area contributed by atoms with Gasteiger partial charge < -0.3 is 9.47 Å². The first-order chi connectivity index (χ1) is 8.67. The Balaban J connectivity index is 2.37. The summed E-state index contributed by atoms with van der Waals surface area (Å²) in [4.78, 5) is 1.26. The summed E-state index contributed by atoms with van der Waals surface area (Å²) in [5.41, 5.74) is 1.15. The molecule has 0 saturated heterocycles. The molecular formula is C13H12Br2O2S. The van der Waals surface area contributed by atoms with E-state index in [0.717, 1.165) is 26.4 Å². The molecule has 0 aliphatic carbocycles. The van der Waals surface area contributed by atoms with Gasteiger partial charge in [0, 0.05) is 4.47 Å². The summed E-state index contributed by atoms with van der Waals surface area (Å²) in [6, 6.07) is 7.94. The second-order valence-electron chi connectivity index (χ2n) is 3.60. The molecule has 0 amide bonds. The van der Waals surface area contributed by atoms with Gasteiger partial charge in [0.2, 0.25) is 0 Å². The number of ether oxygens (including phenoxy) is 2. The van der Waals surface area contributed by atoms with E-state index in [0.29, 0.717) is 0 Å². The van der Waals surface area contributed by atoms with E-state index < -0.39 is 0 Å². The highest BCUT2D eigenvalue weighted by Gasteiger charge is 2.19. The Labute approximate surface area is 127 Å². The predicted octanol–water partition coefficient (Wildman–Crippen LogP) is 5.01. The zero-order valence-corrected chi connectivity index (χ0v) is 13.9. The molecule has 1 aromatic heterocycles. The fourth-order valence-electron chi connectivity index (χ4n) is 1.64. The fraction of sp³-hybridized carbons (Fsp3) is 0.231. The van der Waals surface area contributed by atoms with Crippen LogP contribution < -0.4 is 9.47 Å². The fourth-order valence-corrected chi connectivity index (χ4v) is 4.34. The first-order valence-electron chi connectivity index (χ1n) is 5.26. The van der Waals surface area contributed by atoms with Gasteiger partial charge in [-0.3, -0.25) is 0 Å². The van der Waals surface area contributed by atoms with E-state index in [1.807, 2.05) is 29.6 Å². The molecule has 0 aliphatic rings. The highest BCUT2D eigenvalue weighted by molar-refractivity contribution is 9.11. The molecule has 1 unspecified atom stereocenters. The zero-order valence-electron chi connectivity index (χ0n) is 9.94. The van der Waals surface area contributed by atoms with Crippen LogP contribution in [0.25, 0.3) is 0 Å². The lowest BCUT2D eigenvalue weighted by atomic mass is 10.1. The first kappa shape index (κ1) is 13.9. The molecule has 0 spiro atoms. The summed E-state index contributed by atoms with van der Waals surface area (Å²) in [6.45, 7) is 0. The van der Waals surface area contributed by atoms with Crippen LogP contribution in [-0.2, 0) is 0 Å². The quantitative estimate of drug-likeness (QED) is 0.681. The third-order valence-electron chi connectivity index (χ3n) is 2.59. The SMILES string of the molecule is COc1ccc(C(Br)c2sccc2OC)c(Br)c1. The van der Waals surface area contributed by atoms with Crippen molar-refractivity contribution in [3.05, 3.63) is 44.6 Å². The Bertz CT molecular complexity index is 540. The number of halogens is 2. The molecule has 96 valence electrons. The van der Waals surface area contributed by atoms with E-state index >= 15 is 0 Å². The van der Waals surface area contributed by atoms with Gasteiger partial charge in [0.1, 0.15) is 11.5 Å². The summed E-state index contributed by atoms with van der Waals surface area (Å²) in [6.07, 6.45) is 0. The van der Waals surface area contributed by atoms with Crippen LogP contribution in [0.3, 0.4) is 0 Å². The number of benzene rings is 1. The molecule has 2 rings (SSSR count). The number of hydrogen-bond donors (Lipinski definition) is 0. The van der Waals surface area contributed by atoms with Gasteiger partial charge in [-0.15, -0.1) is 11.3 Å². The average Bonchev–Trinajstić information content (AvgIpc) is 2.86. The maximum absolute atomic E-state index is 5.35. The number of rotatable bonds is 4. The van der Waals surface area contributed by atoms with Crippen molar-refractivity contribution in [3.8, 4) is 11.5 Å². The van der Waals surface area contributed by atoms with Crippen molar-refractivity contribution in [2.75, 3.05) is 14.2 Å². The predicted molar refractivity (Wildman–Crippen MR) is 82.3 cm³/mol. The molecule has 2 nitrogen and oxygen atoms in total. The molecule has 0 fully saturated rings. The van der Waals surface area contributed by atoms with Crippen molar-refractivity contribution in [2.45, 2.75) is 4.83 Å². The number of methoxy groups -OCH3 is 2. The third-order valence-corrected chi connectivity index (χ3v) is 5.49. The van der Waals surface area contributed by atoms with Crippen molar-refractivity contribution < 1.29 is 9.47 Å². The van der Waals surface area contributed by atoms with Crippen molar-refractivity contribution in [2.24, 2.45) is 0 Å². The maximum atomic E-state index is 5.35. The molecule has 18 heavy (non-hydrogen) atoms. The molecule has 0 aliphatic heterocycles. The summed E-state index contributed by atoms with van der Waals surface area (Å²) in [7, 11) is 3.35. The van der Waals surface area contributed by atoms with Crippen LogP contribution in [0.1, 0.15) is 15.3 Å². The Morgan fingerprint density at radius 1 is 1.17 bits per heavy atom. The van der Waals surface area contributed by atoms with Crippen LogP contribution in [0.5, 0.6) is 11.5 Å². The lowest BCUT2D eigenvalue weighted by Gasteiger charge is -2.13. The van der Waals surface area contributed by atoms with E-state index in [1.165, 1.54) is 0 Å². The third kappa shape index (κ3) is 2.73. The minimum atomic E-state index is 0.104. The Morgan fingerprint density at radius 2 is 1.94 bits per heavy atom. The maximum Gasteiger partial charge on any atom is 0.134 e. The van der Waals surface area contributed by atoms with E-state index in [9.17, 15) is 0 Å². The summed E-state index contributed by atoms with van der Waals surface area (Å²) in [5, 5.41) is 2.03. The summed E-state index contributed by atoms with van der Waals surface area (Å²) >= 11 is 8.97. The molecule has 0 saturated carbocycles. The van der Waals surface area contributed by atoms with Gasteiger partial charge in [-0.05, 0) is 29.1 Å². The van der Waals surface area contributed by atoms with Crippen LogP contribution >= 0.6 is 43.2 Å². The Hall–Kier alpha value is -0.520. The van der Waals surface area contributed by atoms with Gasteiger partial charge in [0.25, 0.3) is 0 Å². The molecule has 0 radical (unpaired) electrons. The topological polar surface area (TPSA) is 18.5 Å². The largest absolute Gasteiger partial charge is 0.497 e. The second-order valence-corrected chi connectivity index (χ2v) is 6.32. The lowest BCUT2D eigenvalue weighted by Crippen LogP contribution is -1.95. The average molecular weight is 392 g/mol. The molecule has 1 heterocycles. The van der Waals surface area contributed by atoms with E-state index in [-0.39, 0.29) is 4.83 Å². The van der Waals surface area contributed by atoms with Crippen LogP contribution in [0.4, 0.5) is 0 Å². The molecule has 1 aromatic carbocycles. The highest BCUT2D eigenvalue weighted by Crippen LogP contribution is 2.43. The van der Waals surface area contributed by atoms with Gasteiger partial charge in [-0.1, -0.05) is 37.9 Å². The van der Waals surface area contributed by atoms with Gasteiger partial charge in [-0.25, -0.2) is 0 Å². The monoisotopic (exact) mass is 390 g/mol. The number of hydrogen-bond acceptors (Lipinski definition) is 3. The van der Waals surface area contributed by atoms with Crippen LogP contribution in [0.15, 0.2) is 34.1 Å². The molecule has 5 heteroatoms. The zero-order chi connectivity index (χ0) is 13.1. The number of thiophene rings is 1. The van der Waals surface area contributed by atoms with Crippen LogP contribution in [0.2, 0.25) is 0 Å².